The molecular weight excluding hydrogens is 376 g/mol. The highest BCUT2D eigenvalue weighted by Gasteiger charge is 2.21. The van der Waals surface area contributed by atoms with Crippen molar-refractivity contribution in [1.29, 1.82) is 0 Å². The summed E-state index contributed by atoms with van der Waals surface area (Å²) in [6.45, 7) is 0. The number of aromatic hydroxyl groups is 2. The number of nitrogens with one attached hydrogen (secondary N) is 1. The summed E-state index contributed by atoms with van der Waals surface area (Å²) in [7, 11) is 0. The Balaban J connectivity index is 1.69. The van der Waals surface area contributed by atoms with E-state index in [4.69, 9.17) is 0 Å². The molecule has 0 saturated heterocycles. The number of H-pyrrole nitrogens is 1. The third-order valence-electron chi connectivity index (χ3n) is 4.19. The predicted molar refractivity (Wildman–Crippen MR) is 111 cm³/mol. The lowest BCUT2D eigenvalue weighted by molar-refractivity contribution is 0.444. The Bertz CT molecular complexity index is 967. The average molecular weight is 395 g/mol. The lowest BCUT2D eigenvalue weighted by Crippen LogP contribution is -1.89. The van der Waals surface area contributed by atoms with Gasteiger partial charge in [-0.05, 0) is 11.1 Å². The molecule has 4 aromatic rings. The first kappa shape index (κ1) is 17.8. The number of phenolic OH excluding ortho intramolecular Hbond substituents is 2. The zero-order valence-electron chi connectivity index (χ0n) is 14.4. The van der Waals surface area contributed by atoms with Crippen LogP contribution < -0.4 is 0 Å². The van der Waals surface area contributed by atoms with E-state index in [1.165, 1.54) is 29.9 Å². The van der Waals surface area contributed by atoms with E-state index >= 15 is 0 Å². The van der Waals surface area contributed by atoms with Gasteiger partial charge in [-0.2, -0.15) is 0 Å². The summed E-state index contributed by atoms with van der Waals surface area (Å²) in [5, 5.41) is 21.6. The molecule has 1 heterocycles. The van der Waals surface area contributed by atoms with Crippen LogP contribution in [0.4, 0.5) is 0 Å². The van der Waals surface area contributed by atoms with E-state index in [-0.39, 0.29) is 11.5 Å². The van der Waals surface area contributed by atoms with E-state index < -0.39 is 0 Å². The van der Waals surface area contributed by atoms with Crippen LogP contribution in [0.1, 0.15) is 11.1 Å². The van der Waals surface area contributed by atoms with Crippen LogP contribution in [0.15, 0.2) is 76.8 Å². The average Bonchev–Trinajstić information content (AvgIpc) is 3.21. The molecule has 0 spiro atoms. The number of nitrogens with zero attached hydrogens (tertiary/aromatic N) is 1. The zero-order valence-corrected chi connectivity index (χ0v) is 16.1. The minimum Gasteiger partial charge on any atom is -0.505 e. The van der Waals surface area contributed by atoms with Crippen LogP contribution in [0, 0.1) is 0 Å². The molecule has 6 heteroatoms. The SMILES string of the molecule is Oc1c(SCc2ccccc2)c(SCc2ccccc2)c(O)c2[nH]cnc12. The summed E-state index contributed by atoms with van der Waals surface area (Å²) in [6.07, 6.45) is 1.49. The van der Waals surface area contributed by atoms with Crippen molar-refractivity contribution >= 4 is 34.6 Å². The quantitative estimate of drug-likeness (QED) is 0.295. The van der Waals surface area contributed by atoms with Crippen molar-refractivity contribution in [2.45, 2.75) is 21.3 Å². The van der Waals surface area contributed by atoms with Crippen molar-refractivity contribution in [2.75, 3.05) is 0 Å². The molecule has 0 atom stereocenters. The van der Waals surface area contributed by atoms with Crippen molar-refractivity contribution in [1.82, 2.24) is 9.97 Å². The van der Waals surface area contributed by atoms with Gasteiger partial charge in [-0.15, -0.1) is 23.5 Å². The van der Waals surface area contributed by atoms with E-state index in [0.29, 0.717) is 32.3 Å². The van der Waals surface area contributed by atoms with Crippen LogP contribution in [0.2, 0.25) is 0 Å². The first-order valence-electron chi connectivity index (χ1n) is 8.48. The summed E-state index contributed by atoms with van der Waals surface area (Å²) in [5.74, 6) is 1.65. The Morgan fingerprint density at radius 3 is 1.81 bits per heavy atom. The number of imidazole rings is 1. The van der Waals surface area contributed by atoms with E-state index in [1.54, 1.807) is 0 Å². The molecule has 3 N–H and O–H groups in total. The van der Waals surface area contributed by atoms with Gasteiger partial charge >= 0.3 is 0 Å². The van der Waals surface area contributed by atoms with Gasteiger partial charge in [-0.3, -0.25) is 0 Å². The first-order valence-corrected chi connectivity index (χ1v) is 10.5. The Kier molecular flexibility index (Phi) is 5.27. The molecule has 0 aliphatic heterocycles. The highest BCUT2D eigenvalue weighted by Crippen LogP contribution is 2.49. The number of hydrogen-bond acceptors (Lipinski definition) is 5. The van der Waals surface area contributed by atoms with Gasteiger partial charge < -0.3 is 15.2 Å². The maximum atomic E-state index is 10.8. The van der Waals surface area contributed by atoms with Crippen LogP contribution >= 0.6 is 23.5 Å². The van der Waals surface area contributed by atoms with Crippen molar-refractivity contribution in [2.24, 2.45) is 0 Å². The second kappa shape index (κ2) is 7.98. The van der Waals surface area contributed by atoms with E-state index in [9.17, 15) is 10.2 Å². The highest BCUT2D eigenvalue weighted by molar-refractivity contribution is 8.01. The number of phenols is 2. The molecular formula is C21H18N2O2S2. The first-order chi connectivity index (χ1) is 13.2. The number of rotatable bonds is 6. The lowest BCUT2D eigenvalue weighted by Gasteiger charge is -2.14. The minimum absolute atomic E-state index is 0.112. The van der Waals surface area contributed by atoms with Gasteiger partial charge in [0.15, 0.2) is 11.5 Å². The van der Waals surface area contributed by atoms with Gasteiger partial charge in [0.2, 0.25) is 0 Å². The summed E-state index contributed by atoms with van der Waals surface area (Å²) >= 11 is 3.03. The molecule has 0 radical (unpaired) electrons. The van der Waals surface area contributed by atoms with Gasteiger partial charge in [0.25, 0.3) is 0 Å². The molecule has 4 nitrogen and oxygen atoms in total. The zero-order chi connectivity index (χ0) is 18.6. The molecule has 4 rings (SSSR count). The predicted octanol–water partition coefficient (Wildman–Crippen LogP) is 5.56. The fourth-order valence-electron chi connectivity index (χ4n) is 2.82. The molecule has 1 aromatic heterocycles. The molecule has 136 valence electrons. The molecule has 0 fully saturated rings. The van der Waals surface area contributed by atoms with Crippen LogP contribution in [0.3, 0.4) is 0 Å². The molecule has 0 amide bonds. The number of benzene rings is 3. The van der Waals surface area contributed by atoms with E-state index in [2.05, 4.69) is 22.1 Å². The monoisotopic (exact) mass is 394 g/mol. The van der Waals surface area contributed by atoms with Crippen molar-refractivity contribution in [3.63, 3.8) is 0 Å². The molecule has 0 aliphatic rings. The fourth-order valence-corrected chi connectivity index (χ4v) is 5.11. The molecule has 3 aromatic carbocycles. The van der Waals surface area contributed by atoms with Crippen LogP contribution in [0.25, 0.3) is 11.0 Å². The lowest BCUT2D eigenvalue weighted by atomic mass is 10.2. The maximum absolute atomic E-state index is 10.8. The van der Waals surface area contributed by atoms with Crippen LogP contribution in [-0.4, -0.2) is 20.2 Å². The van der Waals surface area contributed by atoms with Crippen molar-refractivity contribution in [3.05, 3.63) is 78.1 Å². The van der Waals surface area contributed by atoms with Gasteiger partial charge in [0.05, 0.1) is 16.1 Å². The fraction of sp³-hybridized carbons (Fsp3) is 0.0952. The van der Waals surface area contributed by atoms with Crippen LogP contribution in [0.5, 0.6) is 11.5 Å². The number of aromatic nitrogens is 2. The minimum atomic E-state index is 0.112. The molecule has 0 saturated carbocycles. The summed E-state index contributed by atoms with van der Waals surface area (Å²) in [6, 6.07) is 20.1. The number of hydrogen-bond donors (Lipinski definition) is 3. The number of aromatic amines is 1. The summed E-state index contributed by atoms with van der Waals surface area (Å²) < 4.78 is 0. The number of thioether (sulfide) groups is 2. The maximum Gasteiger partial charge on any atom is 0.158 e. The van der Waals surface area contributed by atoms with Gasteiger partial charge in [-0.25, -0.2) is 4.98 Å². The molecule has 0 bridgehead atoms. The van der Waals surface area contributed by atoms with Gasteiger partial charge in [0, 0.05) is 11.5 Å². The third kappa shape index (κ3) is 3.77. The van der Waals surface area contributed by atoms with Gasteiger partial charge in [-0.1, -0.05) is 60.7 Å². The largest absolute Gasteiger partial charge is 0.505 e. The van der Waals surface area contributed by atoms with Crippen molar-refractivity contribution < 1.29 is 10.2 Å². The van der Waals surface area contributed by atoms with E-state index in [0.717, 1.165) is 11.1 Å². The second-order valence-electron chi connectivity index (χ2n) is 6.03. The number of fused-ring (bicyclic) bond motifs is 1. The molecule has 27 heavy (non-hydrogen) atoms. The normalized spacial score (nSPS) is 11.1. The third-order valence-corrected chi connectivity index (χ3v) is 6.65. The second-order valence-corrected chi connectivity index (χ2v) is 8.00. The smallest absolute Gasteiger partial charge is 0.158 e. The Morgan fingerprint density at radius 1 is 0.741 bits per heavy atom. The summed E-state index contributed by atoms with van der Waals surface area (Å²) in [5.41, 5.74) is 3.17. The summed E-state index contributed by atoms with van der Waals surface area (Å²) in [4.78, 5) is 8.43. The molecule has 0 unspecified atom stereocenters. The van der Waals surface area contributed by atoms with Gasteiger partial charge in [0.1, 0.15) is 11.0 Å². The highest BCUT2D eigenvalue weighted by atomic mass is 32.2. The standard InChI is InChI=1S/C21H18N2O2S2/c24-18-16-17(23-13-22-16)19(25)21(27-12-15-9-5-2-6-10-15)20(18)26-11-14-7-3-1-4-8-14/h1-10,13,24-25H,11-12H2,(H,22,23). The topological polar surface area (TPSA) is 69.1 Å². The van der Waals surface area contributed by atoms with Crippen LogP contribution in [-0.2, 0) is 11.5 Å². The Morgan fingerprint density at radius 2 is 1.26 bits per heavy atom. The Labute approximate surface area is 165 Å². The Hall–Kier alpha value is -2.57. The molecule has 0 aliphatic carbocycles. The van der Waals surface area contributed by atoms with E-state index in [1.807, 2.05) is 48.5 Å². The van der Waals surface area contributed by atoms with Crippen molar-refractivity contribution in [3.8, 4) is 11.5 Å².